The van der Waals surface area contributed by atoms with E-state index in [9.17, 15) is 9.59 Å². The summed E-state index contributed by atoms with van der Waals surface area (Å²) in [5.41, 5.74) is 1.66. The Morgan fingerprint density at radius 3 is 2.26 bits per heavy atom. The Hall–Kier alpha value is -1.64. The first-order valence-corrected chi connectivity index (χ1v) is 6.63. The molecule has 0 saturated heterocycles. The predicted octanol–water partition coefficient (Wildman–Crippen LogP) is 3.19. The maximum atomic E-state index is 12.5. The van der Waals surface area contributed by atoms with Crippen LogP contribution in [0, 0.1) is 5.41 Å². The minimum absolute atomic E-state index is 0.182. The Morgan fingerprint density at radius 2 is 1.79 bits per heavy atom. The van der Waals surface area contributed by atoms with Gasteiger partial charge in [-0.15, -0.1) is 0 Å². The van der Waals surface area contributed by atoms with Crippen LogP contribution in [0.15, 0.2) is 18.2 Å². The molecule has 1 rings (SSSR count). The molecular weight excluding hydrogens is 240 g/mol. The van der Waals surface area contributed by atoms with Crippen LogP contribution < -0.4 is 0 Å². The van der Waals surface area contributed by atoms with Crippen LogP contribution >= 0.6 is 0 Å². The Kier molecular flexibility index (Phi) is 4.87. The first-order valence-electron chi connectivity index (χ1n) is 6.63. The normalized spacial score (nSPS) is 11.2. The van der Waals surface area contributed by atoms with Crippen molar-refractivity contribution < 1.29 is 14.3 Å². The first kappa shape index (κ1) is 15.4. The molecule has 0 aromatic heterocycles. The van der Waals surface area contributed by atoms with Gasteiger partial charge in [-0.25, -0.2) is 0 Å². The van der Waals surface area contributed by atoms with Gasteiger partial charge in [0.15, 0.2) is 5.78 Å². The molecule has 1 aromatic rings. The summed E-state index contributed by atoms with van der Waals surface area (Å²) in [6.45, 7) is 7.30. The zero-order valence-electron chi connectivity index (χ0n) is 12.4. The van der Waals surface area contributed by atoms with Gasteiger partial charge in [-0.2, -0.15) is 0 Å². The number of hydrogen-bond donors (Lipinski definition) is 0. The van der Waals surface area contributed by atoms with Crippen molar-refractivity contribution in [2.45, 2.75) is 40.5 Å². The molecule has 0 N–H and O–H groups in total. The van der Waals surface area contributed by atoms with Gasteiger partial charge in [0, 0.05) is 5.56 Å². The van der Waals surface area contributed by atoms with Crippen molar-refractivity contribution >= 4 is 11.8 Å². The number of ether oxygens (including phenoxy) is 1. The number of Topliss-reactive ketones (excluding diaryl/α,β-unsaturated/α-hetero) is 1. The van der Waals surface area contributed by atoms with E-state index in [1.54, 1.807) is 13.8 Å². The van der Waals surface area contributed by atoms with E-state index < -0.39 is 11.4 Å². The van der Waals surface area contributed by atoms with Crippen molar-refractivity contribution in [3.8, 4) is 0 Å². The molecule has 0 unspecified atom stereocenters. The molecule has 0 radical (unpaired) electrons. The smallest absolute Gasteiger partial charge is 0.319 e. The van der Waals surface area contributed by atoms with E-state index in [0.717, 1.165) is 18.4 Å². The Bertz CT molecular complexity index is 487. The van der Waals surface area contributed by atoms with Gasteiger partial charge in [-0.3, -0.25) is 9.59 Å². The largest absolute Gasteiger partial charge is 0.468 e. The lowest BCUT2D eigenvalue weighted by molar-refractivity contribution is -0.147. The quantitative estimate of drug-likeness (QED) is 0.465. The number of methoxy groups -OCH3 is 1. The molecule has 19 heavy (non-hydrogen) atoms. The summed E-state index contributed by atoms with van der Waals surface area (Å²) in [4.78, 5) is 24.3. The third-order valence-corrected chi connectivity index (χ3v) is 3.47. The lowest BCUT2D eigenvalue weighted by Gasteiger charge is -2.21. The second-order valence-electron chi connectivity index (χ2n) is 5.14. The third-order valence-electron chi connectivity index (χ3n) is 3.47. The summed E-state index contributed by atoms with van der Waals surface area (Å²) in [5.74, 6) is -0.682. The molecule has 3 heteroatoms. The highest BCUT2D eigenvalue weighted by atomic mass is 16.5. The van der Waals surface area contributed by atoms with Gasteiger partial charge in [0.1, 0.15) is 5.41 Å². The molecular formula is C16H22O3. The van der Waals surface area contributed by atoms with Crippen molar-refractivity contribution in [1.82, 2.24) is 0 Å². The number of ketones is 1. The van der Waals surface area contributed by atoms with E-state index in [-0.39, 0.29) is 5.78 Å². The number of hydrogen-bond acceptors (Lipinski definition) is 3. The number of benzene rings is 1. The van der Waals surface area contributed by atoms with Crippen LogP contribution in [0.25, 0.3) is 0 Å². The second kappa shape index (κ2) is 6.00. The summed E-state index contributed by atoms with van der Waals surface area (Å²) in [6, 6.07) is 5.81. The molecule has 0 amide bonds. The topological polar surface area (TPSA) is 43.4 Å². The fourth-order valence-electron chi connectivity index (χ4n) is 2.07. The number of esters is 1. The van der Waals surface area contributed by atoms with Crippen molar-refractivity contribution in [3.05, 3.63) is 34.9 Å². The number of rotatable bonds is 5. The maximum Gasteiger partial charge on any atom is 0.319 e. The van der Waals surface area contributed by atoms with Gasteiger partial charge in [0.05, 0.1) is 7.11 Å². The highest BCUT2D eigenvalue weighted by Crippen LogP contribution is 2.26. The fraction of sp³-hybridized carbons (Fsp3) is 0.500. The van der Waals surface area contributed by atoms with Gasteiger partial charge < -0.3 is 4.74 Å². The average Bonchev–Trinajstić information content (AvgIpc) is 2.44. The Labute approximate surface area is 115 Å². The monoisotopic (exact) mass is 262 g/mol. The van der Waals surface area contributed by atoms with Gasteiger partial charge in [0.2, 0.25) is 0 Å². The average molecular weight is 262 g/mol. The lowest BCUT2D eigenvalue weighted by Crippen LogP contribution is -2.35. The van der Waals surface area contributed by atoms with E-state index in [2.05, 4.69) is 6.92 Å². The highest BCUT2D eigenvalue weighted by Gasteiger charge is 2.38. The number of carbonyl (C=O) groups is 2. The fourth-order valence-corrected chi connectivity index (χ4v) is 2.07. The van der Waals surface area contributed by atoms with E-state index in [0.29, 0.717) is 5.56 Å². The standard InChI is InChI=1S/C16H22O3/c1-6-11-8-9-13(12(7-2)10-11)14(17)16(3,4)15(18)19-5/h8-10H,6-7H2,1-5H3. The molecule has 104 valence electrons. The van der Waals surface area contributed by atoms with E-state index in [4.69, 9.17) is 4.74 Å². The predicted molar refractivity (Wildman–Crippen MR) is 75.3 cm³/mol. The molecule has 1 aromatic carbocycles. The number of carbonyl (C=O) groups excluding carboxylic acids is 2. The summed E-state index contributed by atoms with van der Waals surface area (Å²) in [6.07, 6.45) is 1.70. The summed E-state index contributed by atoms with van der Waals surface area (Å²) >= 11 is 0. The molecule has 0 bridgehead atoms. The number of aryl methyl sites for hydroxylation is 2. The summed E-state index contributed by atoms with van der Waals surface area (Å²) < 4.78 is 4.72. The Balaban J connectivity index is 3.23. The van der Waals surface area contributed by atoms with Gasteiger partial charge in [0.25, 0.3) is 0 Å². The zero-order valence-corrected chi connectivity index (χ0v) is 12.4. The second-order valence-corrected chi connectivity index (χ2v) is 5.14. The molecule has 0 spiro atoms. The molecule has 0 aliphatic heterocycles. The zero-order chi connectivity index (χ0) is 14.6. The molecule has 3 nitrogen and oxygen atoms in total. The minimum atomic E-state index is -1.15. The van der Waals surface area contributed by atoms with Crippen molar-refractivity contribution in [2.75, 3.05) is 7.11 Å². The van der Waals surface area contributed by atoms with Gasteiger partial charge in [-0.1, -0.05) is 32.0 Å². The van der Waals surface area contributed by atoms with Crippen LogP contribution in [-0.4, -0.2) is 18.9 Å². The molecule has 0 fully saturated rings. The van der Waals surface area contributed by atoms with Gasteiger partial charge >= 0.3 is 5.97 Å². The Morgan fingerprint density at radius 1 is 1.16 bits per heavy atom. The van der Waals surface area contributed by atoms with E-state index in [1.807, 2.05) is 25.1 Å². The molecule has 0 aliphatic rings. The minimum Gasteiger partial charge on any atom is -0.468 e. The summed E-state index contributed by atoms with van der Waals surface area (Å²) in [5, 5.41) is 0. The van der Waals surface area contributed by atoms with Crippen LogP contribution in [0.1, 0.15) is 49.2 Å². The molecule has 0 atom stereocenters. The maximum absolute atomic E-state index is 12.5. The van der Waals surface area contributed by atoms with Crippen LogP contribution in [0.3, 0.4) is 0 Å². The van der Waals surface area contributed by atoms with Crippen molar-refractivity contribution in [2.24, 2.45) is 5.41 Å². The highest BCUT2D eigenvalue weighted by molar-refractivity contribution is 6.12. The molecule has 0 heterocycles. The van der Waals surface area contributed by atoms with Crippen molar-refractivity contribution in [1.29, 1.82) is 0 Å². The lowest BCUT2D eigenvalue weighted by atomic mass is 9.82. The summed E-state index contributed by atoms with van der Waals surface area (Å²) in [7, 11) is 1.30. The van der Waals surface area contributed by atoms with Crippen LogP contribution in [0.4, 0.5) is 0 Å². The van der Waals surface area contributed by atoms with Crippen LogP contribution in [-0.2, 0) is 22.4 Å². The van der Waals surface area contributed by atoms with Crippen molar-refractivity contribution in [3.63, 3.8) is 0 Å². The SMILES string of the molecule is CCc1ccc(C(=O)C(C)(C)C(=O)OC)c(CC)c1. The van der Waals surface area contributed by atoms with Crippen LogP contribution in [0.5, 0.6) is 0 Å². The van der Waals surface area contributed by atoms with E-state index >= 15 is 0 Å². The molecule has 0 saturated carbocycles. The first-order chi connectivity index (χ1) is 8.88. The van der Waals surface area contributed by atoms with E-state index in [1.165, 1.54) is 12.7 Å². The van der Waals surface area contributed by atoms with Gasteiger partial charge in [-0.05, 0) is 37.8 Å². The van der Waals surface area contributed by atoms with Crippen LogP contribution in [0.2, 0.25) is 0 Å². The molecule has 0 aliphatic carbocycles. The third kappa shape index (κ3) is 3.03.